The van der Waals surface area contributed by atoms with Crippen LogP contribution in [0.25, 0.3) is 0 Å². The maximum atomic E-state index is 12.4. The van der Waals surface area contributed by atoms with Gasteiger partial charge in [0.15, 0.2) is 0 Å². The van der Waals surface area contributed by atoms with Crippen LogP contribution in [-0.2, 0) is 14.8 Å². The Balaban J connectivity index is 1.70. The van der Waals surface area contributed by atoms with Crippen LogP contribution in [-0.4, -0.2) is 37.8 Å². The van der Waals surface area contributed by atoms with Crippen molar-refractivity contribution < 1.29 is 22.9 Å². The number of nitro benzene ring substituents is 1. The number of nitro groups is 1. The standard InChI is InChI=1S/C23H22N4O6S/c1-17(18-7-6-8-20(15-18)27(29)30)24-25-23(28)16-26(34(2,31)32)19-11-13-22(14-12-19)33-21-9-4-3-5-10-21/h3-15H,16H2,1-2H3,(H,25,28)/b24-17-. The van der Waals surface area contributed by atoms with Gasteiger partial charge in [-0.2, -0.15) is 5.10 Å². The maximum Gasteiger partial charge on any atom is 0.270 e. The van der Waals surface area contributed by atoms with E-state index in [4.69, 9.17) is 4.74 Å². The average Bonchev–Trinajstić information content (AvgIpc) is 2.81. The molecule has 0 saturated carbocycles. The Morgan fingerprint density at radius 3 is 2.29 bits per heavy atom. The molecule has 0 aliphatic carbocycles. The van der Waals surface area contributed by atoms with Crippen LogP contribution in [0.5, 0.6) is 11.5 Å². The number of para-hydroxylation sites is 1. The number of hydrazone groups is 1. The highest BCUT2D eigenvalue weighted by molar-refractivity contribution is 7.92. The van der Waals surface area contributed by atoms with Gasteiger partial charge in [-0.1, -0.05) is 30.3 Å². The molecular weight excluding hydrogens is 460 g/mol. The second-order valence-corrected chi connectivity index (χ2v) is 9.13. The monoisotopic (exact) mass is 482 g/mol. The van der Waals surface area contributed by atoms with Gasteiger partial charge in [-0.3, -0.25) is 19.2 Å². The maximum absolute atomic E-state index is 12.4. The molecule has 0 atom stereocenters. The fourth-order valence-electron chi connectivity index (χ4n) is 2.93. The number of amides is 1. The van der Waals surface area contributed by atoms with E-state index in [9.17, 15) is 23.3 Å². The van der Waals surface area contributed by atoms with Crippen LogP contribution in [0.2, 0.25) is 0 Å². The molecule has 0 aliphatic heterocycles. The number of hydrogen-bond acceptors (Lipinski definition) is 7. The van der Waals surface area contributed by atoms with Crippen molar-refractivity contribution in [1.29, 1.82) is 0 Å². The summed E-state index contributed by atoms with van der Waals surface area (Å²) < 4.78 is 31.3. The van der Waals surface area contributed by atoms with Gasteiger partial charge in [0.05, 0.1) is 22.6 Å². The summed E-state index contributed by atoms with van der Waals surface area (Å²) in [7, 11) is -3.78. The van der Waals surface area contributed by atoms with Crippen molar-refractivity contribution in [3.63, 3.8) is 0 Å². The highest BCUT2D eigenvalue weighted by Crippen LogP contribution is 2.25. The summed E-state index contributed by atoms with van der Waals surface area (Å²) >= 11 is 0. The summed E-state index contributed by atoms with van der Waals surface area (Å²) in [6, 6.07) is 21.1. The number of carbonyl (C=O) groups is 1. The molecule has 0 heterocycles. The van der Waals surface area contributed by atoms with Gasteiger partial charge in [0.2, 0.25) is 10.0 Å². The second kappa shape index (κ2) is 10.6. The van der Waals surface area contributed by atoms with Crippen LogP contribution in [0.15, 0.2) is 84.0 Å². The van der Waals surface area contributed by atoms with E-state index in [1.165, 1.54) is 30.3 Å². The number of carbonyl (C=O) groups excluding carboxylic acids is 1. The summed E-state index contributed by atoms with van der Waals surface area (Å²) in [5.74, 6) is 0.455. The van der Waals surface area contributed by atoms with Gasteiger partial charge in [0.1, 0.15) is 18.0 Å². The molecule has 0 fully saturated rings. The van der Waals surface area contributed by atoms with E-state index in [1.54, 1.807) is 37.3 Å². The van der Waals surface area contributed by atoms with Crippen molar-refractivity contribution in [2.75, 3.05) is 17.1 Å². The Morgan fingerprint density at radius 1 is 1.03 bits per heavy atom. The van der Waals surface area contributed by atoms with Gasteiger partial charge in [0, 0.05) is 17.7 Å². The number of sulfonamides is 1. The highest BCUT2D eigenvalue weighted by Gasteiger charge is 2.21. The number of benzene rings is 3. The van der Waals surface area contributed by atoms with Crippen LogP contribution in [0.4, 0.5) is 11.4 Å². The molecule has 1 N–H and O–H groups in total. The number of anilines is 1. The van der Waals surface area contributed by atoms with Crippen molar-refractivity contribution in [2.45, 2.75) is 6.92 Å². The summed E-state index contributed by atoms with van der Waals surface area (Å²) in [5, 5.41) is 14.9. The molecule has 3 rings (SSSR count). The Labute approximate surface area is 196 Å². The average molecular weight is 483 g/mol. The number of nitrogens with one attached hydrogen (secondary N) is 1. The molecule has 11 heteroatoms. The third-order valence-corrected chi connectivity index (χ3v) is 5.75. The molecule has 34 heavy (non-hydrogen) atoms. The van der Waals surface area contributed by atoms with Crippen LogP contribution in [0, 0.1) is 10.1 Å². The first-order valence-corrected chi connectivity index (χ1v) is 11.9. The van der Waals surface area contributed by atoms with Crippen molar-refractivity contribution >= 4 is 33.0 Å². The van der Waals surface area contributed by atoms with Gasteiger partial charge in [0.25, 0.3) is 11.6 Å². The molecule has 1 amide bonds. The molecule has 10 nitrogen and oxygen atoms in total. The fraction of sp³-hybridized carbons (Fsp3) is 0.130. The minimum Gasteiger partial charge on any atom is -0.457 e. The molecule has 0 aliphatic rings. The predicted molar refractivity (Wildman–Crippen MR) is 129 cm³/mol. The van der Waals surface area contributed by atoms with E-state index >= 15 is 0 Å². The Hall–Kier alpha value is -4.25. The van der Waals surface area contributed by atoms with E-state index < -0.39 is 27.4 Å². The van der Waals surface area contributed by atoms with E-state index in [0.717, 1.165) is 10.6 Å². The van der Waals surface area contributed by atoms with Crippen LogP contribution >= 0.6 is 0 Å². The smallest absolute Gasteiger partial charge is 0.270 e. The first kappa shape index (κ1) is 24.4. The summed E-state index contributed by atoms with van der Waals surface area (Å²) in [6.07, 6.45) is 0.992. The lowest BCUT2D eigenvalue weighted by atomic mass is 10.1. The van der Waals surface area contributed by atoms with Crippen molar-refractivity contribution in [2.24, 2.45) is 5.10 Å². The summed E-state index contributed by atoms with van der Waals surface area (Å²) in [6.45, 7) is 1.06. The van der Waals surface area contributed by atoms with Gasteiger partial charge in [-0.25, -0.2) is 13.8 Å². The molecule has 0 unspecified atom stereocenters. The number of nitrogens with zero attached hydrogens (tertiary/aromatic N) is 3. The van der Waals surface area contributed by atoms with Crippen molar-refractivity contribution in [1.82, 2.24) is 5.43 Å². The first-order chi connectivity index (χ1) is 16.1. The largest absolute Gasteiger partial charge is 0.457 e. The third-order valence-electron chi connectivity index (χ3n) is 4.61. The van der Waals surface area contributed by atoms with E-state index in [-0.39, 0.29) is 11.4 Å². The SMILES string of the molecule is C/C(=N/NC(=O)CN(c1ccc(Oc2ccccc2)cc1)S(C)(=O)=O)c1cccc([N+](=O)[O-])c1. The third kappa shape index (κ3) is 6.62. The molecule has 0 bridgehead atoms. The van der Waals surface area contributed by atoms with Crippen LogP contribution in [0.3, 0.4) is 0 Å². The first-order valence-electron chi connectivity index (χ1n) is 10.0. The second-order valence-electron chi connectivity index (χ2n) is 7.22. The van der Waals surface area contributed by atoms with Gasteiger partial charge in [-0.15, -0.1) is 0 Å². The summed E-state index contributed by atoms with van der Waals surface area (Å²) in [5.41, 5.74) is 3.23. The topological polar surface area (TPSA) is 131 Å². The number of rotatable bonds is 9. The van der Waals surface area contributed by atoms with Crippen LogP contribution < -0.4 is 14.5 Å². The van der Waals surface area contributed by atoms with Gasteiger partial charge >= 0.3 is 0 Å². The minimum atomic E-state index is -3.78. The molecule has 0 radical (unpaired) electrons. The van der Waals surface area contributed by atoms with Crippen molar-refractivity contribution in [3.8, 4) is 11.5 Å². The van der Waals surface area contributed by atoms with E-state index in [1.807, 2.05) is 18.2 Å². The zero-order valence-corrected chi connectivity index (χ0v) is 19.2. The van der Waals surface area contributed by atoms with Gasteiger partial charge in [-0.05, 0) is 43.3 Å². The van der Waals surface area contributed by atoms with Crippen LogP contribution in [0.1, 0.15) is 12.5 Å². The number of hydrogen-bond donors (Lipinski definition) is 1. The predicted octanol–water partition coefficient (Wildman–Crippen LogP) is 3.69. The van der Waals surface area contributed by atoms with E-state index in [0.29, 0.717) is 22.8 Å². The number of ether oxygens (including phenoxy) is 1. The molecule has 3 aromatic rings. The number of non-ortho nitro benzene ring substituents is 1. The van der Waals surface area contributed by atoms with E-state index in [2.05, 4.69) is 10.5 Å². The molecular formula is C23H22N4O6S. The lowest BCUT2D eigenvalue weighted by Crippen LogP contribution is -2.39. The highest BCUT2D eigenvalue weighted by atomic mass is 32.2. The Morgan fingerprint density at radius 2 is 1.68 bits per heavy atom. The zero-order chi connectivity index (χ0) is 24.7. The quantitative estimate of drug-likeness (QED) is 0.281. The molecule has 3 aromatic carbocycles. The molecule has 176 valence electrons. The molecule has 0 spiro atoms. The fourth-order valence-corrected chi connectivity index (χ4v) is 3.78. The van der Waals surface area contributed by atoms with Crippen molar-refractivity contribution in [3.05, 3.63) is 94.5 Å². The summed E-state index contributed by atoms with van der Waals surface area (Å²) in [4.78, 5) is 22.8. The Bertz CT molecular complexity index is 1310. The molecule has 0 aromatic heterocycles. The zero-order valence-electron chi connectivity index (χ0n) is 18.4. The normalized spacial score (nSPS) is 11.5. The minimum absolute atomic E-state index is 0.110. The van der Waals surface area contributed by atoms with Gasteiger partial charge < -0.3 is 4.74 Å². The lowest BCUT2D eigenvalue weighted by Gasteiger charge is -2.21. The Kier molecular flexibility index (Phi) is 7.59. The lowest BCUT2D eigenvalue weighted by molar-refractivity contribution is -0.384. The molecule has 0 saturated heterocycles.